The maximum atomic E-state index is 13.6. The first kappa shape index (κ1) is 28.3. The van der Waals surface area contributed by atoms with Gasteiger partial charge in [0.05, 0.1) is 22.3 Å². The summed E-state index contributed by atoms with van der Waals surface area (Å²) in [6.07, 6.45) is 1.60. The van der Waals surface area contributed by atoms with Gasteiger partial charge in [0.1, 0.15) is 34.5 Å². The Balaban J connectivity index is 1.50. The van der Waals surface area contributed by atoms with Gasteiger partial charge in [0.25, 0.3) is 0 Å². The summed E-state index contributed by atoms with van der Waals surface area (Å²) in [5.41, 5.74) is -0.0160. The number of rotatable bonds is 8. The van der Waals surface area contributed by atoms with Gasteiger partial charge in [0.2, 0.25) is 5.43 Å². The molecule has 0 saturated heterocycles. The average Bonchev–Trinajstić information content (AvgIpc) is 2.98. The van der Waals surface area contributed by atoms with Crippen LogP contribution in [0.3, 0.4) is 0 Å². The van der Waals surface area contributed by atoms with Crippen molar-refractivity contribution in [1.82, 2.24) is 0 Å². The largest absolute Gasteiger partial charge is 0.507 e. The molecule has 5 rings (SSSR count). The van der Waals surface area contributed by atoms with Crippen LogP contribution in [0.4, 0.5) is 0 Å². The van der Waals surface area contributed by atoms with Crippen LogP contribution in [0.1, 0.15) is 46.5 Å². The van der Waals surface area contributed by atoms with Crippen molar-refractivity contribution in [1.29, 1.82) is 0 Å². The predicted molar refractivity (Wildman–Crippen MR) is 157 cm³/mol. The molecule has 0 radical (unpaired) electrons. The van der Waals surface area contributed by atoms with E-state index in [1.807, 2.05) is 0 Å². The van der Waals surface area contributed by atoms with Crippen LogP contribution in [0, 0.1) is 0 Å². The van der Waals surface area contributed by atoms with Crippen LogP contribution in [0.5, 0.6) is 17.2 Å². The van der Waals surface area contributed by atoms with Crippen molar-refractivity contribution in [2.75, 3.05) is 0 Å². The third kappa shape index (κ3) is 6.24. The van der Waals surface area contributed by atoms with Gasteiger partial charge in [-0.1, -0.05) is 48.5 Å². The molecular formula is C34H28O8. The summed E-state index contributed by atoms with van der Waals surface area (Å²) in [6.45, 7) is 3.24. The Kier molecular flexibility index (Phi) is 7.91. The van der Waals surface area contributed by atoms with E-state index in [2.05, 4.69) is 0 Å². The summed E-state index contributed by atoms with van der Waals surface area (Å²) in [6, 6.07) is 24.6. The van der Waals surface area contributed by atoms with Crippen molar-refractivity contribution in [2.45, 2.75) is 32.3 Å². The fourth-order valence-corrected chi connectivity index (χ4v) is 4.42. The number of benzene rings is 4. The van der Waals surface area contributed by atoms with Crippen molar-refractivity contribution in [3.63, 3.8) is 0 Å². The summed E-state index contributed by atoms with van der Waals surface area (Å²) in [4.78, 5) is 38.8. The van der Waals surface area contributed by atoms with Gasteiger partial charge in [-0.15, -0.1) is 0 Å². The maximum absolute atomic E-state index is 13.6. The first-order valence-electron chi connectivity index (χ1n) is 13.3. The predicted octanol–water partition coefficient (Wildman–Crippen LogP) is 6.31. The van der Waals surface area contributed by atoms with E-state index in [1.165, 1.54) is 12.3 Å². The van der Waals surface area contributed by atoms with Crippen LogP contribution in [0.15, 0.2) is 106 Å². The number of aromatic hydroxyl groups is 1. The second kappa shape index (κ2) is 11.7. The number of esters is 2. The number of fused-ring (bicyclic) bond motifs is 1. The Bertz CT molecular complexity index is 1800. The molecule has 4 aromatic carbocycles. The van der Waals surface area contributed by atoms with E-state index in [0.29, 0.717) is 22.4 Å². The van der Waals surface area contributed by atoms with Gasteiger partial charge in [0, 0.05) is 11.6 Å². The van der Waals surface area contributed by atoms with Crippen LogP contribution in [-0.2, 0) is 6.42 Å². The molecule has 0 saturated carbocycles. The number of hydrogen-bond donors (Lipinski definition) is 2. The van der Waals surface area contributed by atoms with Crippen LogP contribution < -0.4 is 14.9 Å². The van der Waals surface area contributed by atoms with Gasteiger partial charge in [-0.25, -0.2) is 9.59 Å². The molecule has 0 aliphatic rings. The number of hydrogen-bond acceptors (Lipinski definition) is 8. The van der Waals surface area contributed by atoms with Crippen molar-refractivity contribution in [2.24, 2.45) is 0 Å². The van der Waals surface area contributed by atoms with Crippen molar-refractivity contribution in [3.8, 4) is 28.4 Å². The molecule has 5 aromatic rings. The number of carbonyl (C=O) groups is 2. The Morgan fingerprint density at radius 3 is 1.98 bits per heavy atom. The molecule has 1 heterocycles. The molecule has 2 N–H and O–H groups in total. The third-order valence-electron chi connectivity index (χ3n) is 6.69. The first-order chi connectivity index (χ1) is 20.1. The molecule has 0 amide bonds. The Labute approximate surface area is 241 Å². The van der Waals surface area contributed by atoms with E-state index in [1.54, 1.807) is 98.8 Å². The van der Waals surface area contributed by atoms with E-state index >= 15 is 0 Å². The van der Waals surface area contributed by atoms with Gasteiger partial charge in [-0.2, -0.15) is 0 Å². The Morgan fingerprint density at radius 2 is 1.40 bits per heavy atom. The smallest absolute Gasteiger partial charge is 0.343 e. The highest BCUT2D eigenvalue weighted by Gasteiger charge is 2.24. The van der Waals surface area contributed by atoms with Crippen LogP contribution in [0.2, 0.25) is 0 Å². The number of ether oxygens (including phenoxy) is 2. The summed E-state index contributed by atoms with van der Waals surface area (Å²) in [7, 11) is 0. The molecule has 0 bridgehead atoms. The zero-order valence-corrected chi connectivity index (χ0v) is 23.0. The summed E-state index contributed by atoms with van der Waals surface area (Å²) in [5.74, 6) is -1.23. The third-order valence-corrected chi connectivity index (χ3v) is 6.69. The fraction of sp³-hybridized carbons (Fsp3) is 0.147. The van der Waals surface area contributed by atoms with Gasteiger partial charge >= 0.3 is 11.9 Å². The van der Waals surface area contributed by atoms with Crippen LogP contribution >= 0.6 is 0 Å². The van der Waals surface area contributed by atoms with E-state index < -0.39 is 28.7 Å². The Morgan fingerprint density at radius 1 is 0.833 bits per heavy atom. The lowest BCUT2D eigenvalue weighted by Crippen LogP contribution is -2.20. The second-order valence-electron chi connectivity index (χ2n) is 10.4. The highest BCUT2D eigenvalue weighted by Crippen LogP contribution is 2.38. The number of phenolic OH excluding ortho intramolecular Hbond substituents is 1. The zero-order valence-electron chi connectivity index (χ0n) is 23.0. The summed E-state index contributed by atoms with van der Waals surface area (Å²) >= 11 is 0. The highest BCUT2D eigenvalue weighted by molar-refractivity contribution is 5.94. The molecule has 0 unspecified atom stereocenters. The highest BCUT2D eigenvalue weighted by atomic mass is 16.5. The van der Waals surface area contributed by atoms with Crippen LogP contribution in [0.25, 0.3) is 22.1 Å². The zero-order chi connectivity index (χ0) is 29.9. The first-order valence-corrected chi connectivity index (χ1v) is 13.3. The monoisotopic (exact) mass is 564 g/mol. The topological polar surface area (TPSA) is 123 Å². The Hall–Kier alpha value is -5.21. The number of carbonyl (C=O) groups excluding carboxylic acids is 2. The lowest BCUT2D eigenvalue weighted by atomic mass is 9.95. The van der Waals surface area contributed by atoms with Crippen molar-refractivity contribution >= 4 is 22.9 Å². The quantitative estimate of drug-likeness (QED) is 0.166. The molecule has 8 heteroatoms. The minimum atomic E-state index is -1.08. The van der Waals surface area contributed by atoms with E-state index in [-0.39, 0.29) is 40.7 Å². The maximum Gasteiger partial charge on any atom is 0.343 e. The standard InChI is InChI=1S/C34H28O8/c1-34(2,39)18-17-25-27(42-33(38)23-11-7-4-8-12-23)19-28-29(30(25)35)31(36)26(20-40-28)21-13-15-24(16-14-21)41-32(37)22-9-5-3-6-10-22/h3-16,19-20,35,39H,17-18H2,1-2H3. The normalized spacial score (nSPS) is 11.3. The molecule has 8 nitrogen and oxygen atoms in total. The summed E-state index contributed by atoms with van der Waals surface area (Å²) in [5, 5.41) is 21.6. The lowest BCUT2D eigenvalue weighted by Gasteiger charge is -2.19. The van der Waals surface area contributed by atoms with Gasteiger partial charge in [0.15, 0.2) is 0 Å². The fourth-order valence-electron chi connectivity index (χ4n) is 4.42. The molecule has 42 heavy (non-hydrogen) atoms. The van der Waals surface area contributed by atoms with Gasteiger partial charge < -0.3 is 24.1 Å². The summed E-state index contributed by atoms with van der Waals surface area (Å²) < 4.78 is 16.8. The van der Waals surface area contributed by atoms with E-state index in [0.717, 1.165) is 0 Å². The molecule has 212 valence electrons. The SMILES string of the molecule is CC(C)(O)CCc1c(OC(=O)c2ccccc2)cc2occ(-c3ccc(OC(=O)c4ccccc4)cc3)c(=O)c2c1O. The minimum Gasteiger partial charge on any atom is -0.507 e. The van der Waals surface area contributed by atoms with Gasteiger partial charge in [-0.05, 0) is 68.7 Å². The van der Waals surface area contributed by atoms with Crippen LogP contribution in [-0.4, -0.2) is 27.8 Å². The lowest BCUT2D eigenvalue weighted by molar-refractivity contribution is 0.0698. The van der Waals surface area contributed by atoms with Crippen molar-refractivity contribution in [3.05, 3.63) is 124 Å². The molecule has 1 aromatic heterocycles. The number of aliphatic hydroxyl groups is 1. The van der Waals surface area contributed by atoms with E-state index in [4.69, 9.17) is 13.9 Å². The second-order valence-corrected chi connectivity index (χ2v) is 10.4. The number of phenols is 1. The van der Waals surface area contributed by atoms with E-state index in [9.17, 15) is 24.6 Å². The minimum absolute atomic E-state index is 0.0255. The molecule has 0 fully saturated rings. The molecule has 0 aliphatic heterocycles. The molecule has 0 aliphatic carbocycles. The molecule has 0 spiro atoms. The van der Waals surface area contributed by atoms with Gasteiger partial charge in [-0.3, -0.25) is 4.79 Å². The van der Waals surface area contributed by atoms with Crippen molar-refractivity contribution < 1.29 is 33.7 Å². The molecular weight excluding hydrogens is 536 g/mol. The average molecular weight is 565 g/mol. The molecule has 0 atom stereocenters.